The highest BCUT2D eigenvalue weighted by atomic mass is 79.9. The van der Waals surface area contributed by atoms with E-state index in [1.54, 1.807) is 24.3 Å². The highest BCUT2D eigenvalue weighted by Crippen LogP contribution is 2.23. The maximum absolute atomic E-state index is 13.6. The second kappa shape index (κ2) is 7.07. The third-order valence-corrected chi connectivity index (χ3v) is 3.84. The van der Waals surface area contributed by atoms with Gasteiger partial charge in [-0.15, -0.1) is 0 Å². The third-order valence-electron chi connectivity index (χ3n) is 2.61. The Bertz CT molecular complexity index is 719. The van der Waals surface area contributed by atoms with Gasteiger partial charge in [0.25, 0.3) is 0 Å². The Morgan fingerprint density at radius 1 is 1.14 bits per heavy atom. The fraction of sp³-hybridized carbons (Fsp3) is 0. The highest BCUT2D eigenvalue weighted by Gasteiger charge is 2.05. The number of benzene rings is 2. The average Bonchev–Trinajstić information content (AvgIpc) is 2.44. The lowest BCUT2D eigenvalue weighted by Crippen LogP contribution is -1.97. The van der Waals surface area contributed by atoms with Crippen molar-refractivity contribution in [3.05, 3.63) is 74.6 Å². The lowest BCUT2D eigenvalue weighted by Gasteiger charge is -2.03. The first-order valence-electron chi connectivity index (χ1n) is 5.85. The van der Waals surface area contributed by atoms with Crippen molar-refractivity contribution in [3.8, 4) is 0 Å². The van der Waals surface area contributed by atoms with Gasteiger partial charge in [-0.3, -0.25) is 4.79 Å². The van der Waals surface area contributed by atoms with Gasteiger partial charge in [-0.2, -0.15) is 0 Å². The fourth-order valence-electron chi connectivity index (χ4n) is 1.56. The van der Waals surface area contributed by atoms with Gasteiger partial charge in [-0.05, 0) is 36.4 Å². The van der Waals surface area contributed by atoms with Gasteiger partial charge in [-0.25, -0.2) is 4.39 Å². The minimum absolute atomic E-state index is 0.265. The van der Waals surface area contributed by atoms with Crippen LogP contribution in [-0.2, 0) is 0 Å². The number of hydrogen-bond donors (Lipinski definition) is 1. The van der Waals surface area contributed by atoms with Crippen molar-refractivity contribution >= 4 is 50.6 Å². The molecule has 0 saturated carbocycles. The predicted molar refractivity (Wildman–Crippen MR) is 87.7 cm³/mol. The number of anilines is 1. The van der Waals surface area contributed by atoms with Crippen molar-refractivity contribution in [1.82, 2.24) is 0 Å². The van der Waals surface area contributed by atoms with Gasteiger partial charge < -0.3 is 5.32 Å². The SMILES string of the molecule is O=C(C=CNc1ccc(Br)cc1F)c1ccc(Cl)c(Cl)c1. The summed E-state index contributed by atoms with van der Waals surface area (Å²) in [6.07, 6.45) is 2.66. The number of ketones is 1. The van der Waals surface area contributed by atoms with Crippen LogP contribution in [0.3, 0.4) is 0 Å². The summed E-state index contributed by atoms with van der Waals surface area (Å²) in [5.74, 6) is -0.686. The molecule has 2 aromatic rings. The molecule has 2 nitrogen and oxygen atoms in total. The summed E-state index contributed by atoms with van der Waals surface area (Å²) >= 11 is 14.8. The van der Waals surface area contributed by atoms with E-state index in [0.29, 0.717) is 20.1 Å². The standard InChI is InChI=1S/C15H9BrCl2FNO/c16-10-2-4-14(13(19)8-10)20-6-5-15(21)9-1-3-11(17)12(18)7-9/h1-8,20H. The lowest BCUT2D eigenvalue weighted by atomic mass is 10.1. The van der Waals surface area contributed by atoms with Gasteiger partial charge in [0.1, 0.15) is 5.82 Å². The van der Waals surface area contributed by atoms with Gasteiger partial charge in [0.05, 0.1) is 15.7 Å². The van der Waals surface area contributed by atoms with Crippen LogP contribution in [0.25, 0.3) is 0 Å². The van der Waals surface area contributed by atoms with Crippen LogP contribution in [-0.4, -0.2) is 5.78 Å². The minimum Gasteiger partial charge on any atom is -0.359 e. The quantitative estimate of drug-likeness (QED) is 0.537. The van der Waals surface area contributed by atoms with Crippen LogP contribution in [0.5, 0.6) is 0 Å². The zero-order valence-electron chi connectivity index (χ0n) is 10.5. The Morgan fingerprint density at radius 2 is 1.90 bits per heavy atom. The molecule has 1 N–H and O–H groups in total. The van der Waals surface area contributed by atoms with E-state index in [-0.39, 0.29) is 11.5 Å². The van der Waals surface area contributed by atoms with Gasteiger partial charge in [0, 0.05) is 22.3 Å². The molecule has 6 heteroatoms. The second-order valence-corrected chi connectivity index (χ2v) is 5.83. The Kier molecular flexibility index (Phi) is 5.39. The molecule has 0 aliphatic carbocycles. The zero-order valence-corrected chi connectivity index (χ0v) is 13.6. The van der Waals surface area contributed by atoms with Gasteiger partial charge in [-0.1, -0.05) is 39.1 Å². The molecule has 2 rings (SSSR count). The molecule has 0 aliphatic heterocycles. The van der Waals surface area contributed by atoms with Crippen LogP contribution < -0.4 is 5.32 Å². The van der Waals surface area contributed by atoms with Gasteiger partial charge in [0.15, 0.2) is 5.78 Å². The van der Waals surface area contributed by atoms with E-state index in [4.69, 9.17) is 23.2 Å². The van der Waals surface area contributed by atoms with E-state index >= 15 is 0 Å². The van der Waals surface area contributed by atoms with Crippen LogP contribution in [0, 0.1) is 5.82 Å². The van der Waals surface area contributed by atoms with E-state index in [2.05, 4.69) is 21.2 Å². The molecule has 0 heterocycles. The Hall–Kier alpha value is -1.36. The summed E-state index contributed by atoms with van der Waals surface area (Å²) in [7, 11) is 0. The maximum atomic E-state index is 13.6. The number of hydrogen-bond acceptors (Lipinski definition) is 2. The largest absolute Gasteiger partial charge is 0.359 e. The number of rotatable bonds is 4. The molecule has 108 valence electrons. The van der Waals surface area contributed by atoms with E-state index in [9.17, 15) is 9.18 Å². The van der Waals surface area contributed by atoms with E-state index in [1.165, 1.54) is 24.4 Å². The van der Waals surface area contributed by atoms with Crippen molar-refractivity contribution in [2.24, 2.45) is 0 Å². The second-order valence-electron chi connectivity index (χ2n) is 4.09. The van der Waals surface area contributed by atoms with E-state index in [0.717, 1.165) is 0 Å². The first-order chi connectivity index (χ1) is 9.97. The van der Waals surface area contributed by atoms with Gasteiger partial charge >= 0.3 is 0 Å². The highest BCUT2D eigenvalue weighted by molar-refractivity contribution is 9.10. The third kappa shape index (κ3) is 4.30. The number of carbonyl (C=O) groups excluding carboxylic acids is 1. The smallest absolute Gasteiger partial charge is 0.187 e. The van der Waals surface area contributed by atoms with E-state index < -0.39 is 5.82 Å². The zero-order chi connectivity index (χ0) is 15.4. The van der Waals surface area contributed by atoms with Crippen LogP contribution >= 0.6 is 39.1 Å². The molecule has 0 aliphatic rings. The van der Waals surface area contributed by atoms with Crippen LogP contribution in [0.2, 0.25) is 10.0 Å². The summed E-state index contributed by atoms with van der Waals surface area (Å²) in [5, 5.41) is 3.40. The number of nitrogens with one attached hydrogen (secondary N) is 1. The predicted octanol–water partition coefficient (Wildman–Crippen LogP) is 5.70. The van der Waals surface area contributed by atoms with Crippen molar-refractivity contribution in [2.45, 2.75) is 0 Å². The summed E-state index contributed by atoms with van der Waals surface area (Å²) in [6, 6.07) is 9.19. The van der Waals surface area contributed by atoms with Gasteiger partial charge in [0.2, 0.25) is 0 Å². The van der Waals surface area contributed by atoms with Crippen molar-refractivity contribution < 1.29 is 9.18 Å². The number of halogens is 4. The normalized spacial score (nSPS) is 10.9. The van der Waals surface area contributed by atoms with Crippen LogP contribution in [0.1, 0.15) is 10.4 Å². The van der Waals surface area contributed by atoms with E-state index in [1.807, 2.05) is 0 Å². The van der Waals surface area contributed by atoms with Crippen molar-refractivity contribution in [2.75, 3.05) is 5.32 Å². The van der Waals surface area contributed by atoms with Crippen LogP contribution in [0.15, 0.2) is 53.1 Å². The lowest BCUT2D eigenvalue weighted by molar-refractivity contribution is 0.104. The molecule has 0 bridgehead atoms. The summed E-state index contributed by atoms with van der Waals surface area (Å²) < 4.78 is 14.2. The molecule has 0 aromatic heterocycles. The monoisotopic (exact) mass is 387 g/mol. The molecule has 0 atom stereocenters. The topological polar surface area (TPSA) is 29.1 Å². The van der Waals surface area contributed by atoms with Crippen LogP contribution in [0.4, 0.5) is 10.1 Å². The molecule has 0 saturated heterocycles. The molecule has 0 fully saturated rings. The molecule has 2 aromatic carbocycles. The molecule has 21 heavy (non-hydrogen) atoms. The molecular formula is C15H9BrCl2FNO. The van der Waals surface area contributed by atoms with Crippen molar-refractivity contribution in [3.63, 3.8) is 0 Å². The first kappa shape index (κ1) is 16.0. The summed E-state index contributed by atoms with van der Waals surface area (Å²) in [5.41, 5.74) is 0.676. The Balaban J connectivity index is 2.06. The molecular weight excluding hydrogens is 380 g/mol. The maximum Gasteiger partial charge on any atom is 0.187 e. The fourth-order valence-corrected chi connectivity index (χ4v) is 2.19. The Labute approximate surface area is 139 Å². The molecule has 0 radical (unpaired) electrons. The first-order valence-corrected chi connectivity index (χ1v) is 7.40. The molecule has 0 unspecified atom stereocenters. The number of carbonyl (C=O) groups is 1. The Morgan fingerprint density at radius 3 is 2.57 bits per heavy atom. The summed E-state index contributed by atoms with van der Waals surface area (Å²) in [6.45, 7) is 0. The number of allylic oxidation sites excluding steroid dienone is 1. The summed E-state index contributed by atoms with van der Waals surface area (Å²) in [4.78, 5) is 11.9. The van der Waals surface area contributed by atoms with Crippen molar-refractivity contribution in [1.29, 1.82) is 0 Å². The minimum atomic E-state index is -0.420. The molecule has 0 amide bonds. The average molecular weight is 389 g/mol. The molecule has 0 spiro atoms.